The van der Waals surface area contributed by atoms with Crippen LogP contribution < -0.4 is 5.32 Å². The highest BCUT2D eigenvalue weighted by molar-refractivity contribution is 6.29. The van der Waals surface area contributed by atoms with Crippen LogP contribution >= 0.6 is 11.6 Å². The Bertz CT molecular complexity index is 546. The molecule has 0 atom stereocenters. The molecule has 0 bridgehead atoms. The lowest BCUT2D eigenvalue weighted by Crippen LogP contribution is -2.12. The molecule has 0 unspecified atom stereocenters. The van der Waals surface area contributed by atoms with E-state index >= 15 is 0 Å². The molecular formula is C11H8ClN3O2. The minimum Gasteiger partial charge on any atom is -0.492 e. The summed E-state index contributed by atoms with van der Waals surface area (Å²) < 4.78 is 0. The van der Waals surface area contributed by atoms with Crippen LogP contribution in [0.5, 0.6) is 5.88 Å². The molecule has 17 heavy (non-hydrogen) atoms. The van der Waals surface area contributed by atoms with Crippen LogP contribution in [0.25, 0.3) is 0 Å². The second kappa shape index (κ2) is 4.80. The second-order valence-corrected chi connectivity index (χ2v) is 3.59. The average Bonchev–Trinajstić information content (AvgIpc) is 2.34. The van der Waals surface area contributed by atoms with Crippen LogP contribution in [0.1, 0.15) is 10.4 Å². The maximum atomic E-state index is 11.7. The van der Waals surface area contributed by atoms with E-state index < -0.39 is 0 Å². The van der Waals surface area contributed by atoms with Gasteiger partial charge in [-0.3, -0.25) is 9.78 Å². The van der Waals surface area contributed by atoms with E-state index in [0.29, 0.717) is 5.56 Å². The van der Waals surface area contributed by atoms with Gasteiger partial charge in [-0.25, -0.2) is 0 Å². The average molecular weight is 250 g/mol. The third-order valence-electron chi connectivity index (χ3n) is 2.01. The smallest absolute Gasteiger partial charge is 0.257 e. The number of rotatable bonds is 2. The van der Waals surface area contributed by atoms with E-state index in [4.69, 9.17) is 11.6 Å². The number of halogens is 1. The van der Waals surface area contributed by atoms with Gasteiger partial charge in [-0.2, -0.15) is 4.98 Å². The van der Waals surface area contributed by atoms with Crippen LogP contribution in [-0.2, 0) is 0 Å². The number of nitrogens with one attached hydrogen (secondary N) is 1. The van der Waals surface area contributed by atoms with Crippen molar-refractivity contribution in [1.82, 2.24) is 9.97 Å². The molecule has 2 N–H and O–H groups in total. The second-order valence-electron chi connectivity index (χ2n) is 3.20. The normalized spacial score (nSPS) is 9.94. The van der Waals surface area contributed by atoms with Gasteiger partial charge in [0.15, 0.2) is 0 Å². The van der Waals surface area contributed by atoms with Crippen molar-refractivity contribution in [2.24, 2.45) is 0 Å². The molecule has 1 amide bonds. The lowest BCUT2D eigenvalue weighted by molar-refractivity contribution is 0.102. The van der Waals surface area contributed by atoms with Crippen molar-refractivity contribution >= 4 is 23.2 Å². The first-order chi connectivity index (χ1) is 8.16. The van der Waals surface area contributed by atoms with Gasteiger partial charge >= 0.3 is 0 Å². The predicted molar refractivity (Wildman–Crippen MR) is 63.1 cm³/mol. The van der Waals surface area contributed by atoms with E-state index in [1.807, 2.05) is 0 Å². The standard InChI is InChI=1S/C11H8ClN3O2/c12-9-4-3-8(11(17)15-9)14-10(16)7-2-1-5-13-6-7/h1-6H,(H,14,16)(H,15,17). The van der Waals surface area contributed by atoms with Crippen LogP contribution in [0.4, 0.5) is 5.69 Å². The van der Waals surface area contributed by atoms with Gasteiger partial charge in [-0.1, -0.05) is 11.6 Å². The summed E-state index contributed by atoms with van der Waals surface area (Å²) >= 11 is 5.58. The maximum absolute atomic E-state index is 11.7. The molecular weight excluding hydrogens is 242 g/mol. The molecule has 86 valence electrons. The van der Waals surface area contributed by atoms with Crippen molar-refractivity contribution in [3.8, 4) is 5.88 Å². The Hall–Kier alpha value is -2.14. The molecule has 5 nitrogen and oxygen atoms in total. The van der Waals surface area contributed by atoms with E-state index in [-0.39, 0.29) is 22.6 Å². The Morgan fingerprint density at radius 1 is 1.35 bits per heavy atom. The number of anilines is 1. The highest BCUT2D eigenvalue weighted by Crippen LogP contribution is 2.22. The van der Waals surface area contributed by atoms with Gasteiger partial charge in [0, 0.05) is 12.4 Å². The molecule has 0 aliphatic carbocycles. The van der Waals surface area contributed by atoms with Gasteiger partial charge in [0.05, 0.1) is 5.56 Å². The fourth-order valence-corrected chi connectivity index (χ4v) is 1.36. The fraction of sp³-hybridized carbons (Fsp3) is 0. The highest BCUT2D eigenvalue weighted by atomic mass is 35.5. The molecule has 2 rings (SSSR count). The Kier molecular flexibility index (Phi) is 3.20. The summed E-state index contributed by atoms with van der Waals surface area (Å²) in [5, 5.41) is 12.1. The van der Waals surface area contributed by atoms with Crippen molar-refractivity contribution in [3.05, 3.63) is 47.4 Å². The number of aromatic nitrogens is 2. The molecule has 0 saturated heterocycles. The highest BCUT2D eigenvalue weighted by Gasteiger charge is 2.09. The van der Waals surface area contributed by atoms with Crippen LogP contribution in [-0.4, -0.2) is 21.0 Å². The summed E-state index contributed by atoms with van der Waals surface area (Å²) in [7, 11) is 0. The first-order valence-corrected chi connectivity index (χ1v) is 5.11. The van der Waals surface area contributed by atoms with Gasteiger partial charge in [0.2, 0.25) is 5.88 Å². The van der Waals surface area contributed by atoms with Gasteiger partial charge in [0.25, 0.3) is 5.91 Å². The van der Waals surface area contributed by atoms with Gasteiger partial charge < -0.3 is 10.4 Å². The molecule has 0 saturated carbocycles. The number of amides is 1. The molecule has 0 spiro atoms. The summed E-state index contributed by atoms with van der Waals surface area (Å²) in [5.41, 5.74) is 0.588. The summed E-state index contributed by atoms with van der Waals surface area (Å²) in [6.45, 7) is 0. The molecule has 0 aromatic carbocycles. The zero-order chi connectivity index (χ0) is 12.3. The number of carbonyl (C=O) groups excluding carboxylic acids is 1. The van der Waals surface area contributed by atoms with Crippen LogP contribution in [0.15, 0.2) is 36.7 Å². The summed E-state index contributed by atoms with van der Waals surface area (Å²) in [5.74, 6) is -0.702. The number of aromatic hydroxyl groups is 1. The van der Waals surface area contributed by atoms with E-state index in [1.54, 1.807) is 18.3 Å². The van der Waals surface area contributed by atoms with Crippen LogP contribution in [0.3, 0.4) is 0 Å². The molecule has 6 heteroatoms. The van der Waals surface area contributed by atoms with Gasteiger partial charge in [-0.15, -0.1) is 0 Å². The van der Waals surface area contributed by atoms with Crippen LogP contribution in [0.2, 0.25) is 5.15 Å². The Morgan fingerprint density at radius 2 is 2.18 bits per heavy atom. The summed E-state index contributed by atoms with van der Waals surface area (Å²) in [6.07, 6.45) is 2.99. The predicted octanol–water partition coefficient (Wildman–Crippen LogP) is 2.09. The molecule has 0 fully saturated rings. The van der Waals surface area contributed by atoms with Crippen molar-refractivity contribution in [1.29, 1.82) is 0 Å². The molecule has 2 aromatic rings. The van der Waals surface area contributed by atoms with Gasteiger partial charge in [-0.05, 0) is 24.3 Å². The van der Waals surface area contributed by atoms with Crippen molar-refractivity contribution in [3.63, 3.8) is 0 Å². The summed E-state index contributed by atoms with van der Waals surface area (Å²) in [4.78, 5) is 19.2. The van der Waals surface area contributed by atoms with Crippen molar-refractivity contribution in [2.45, 2.75) is 0 Å². The molecule has 0 aliphatic heterocycles. The van der Waals surface area contributed by atoms with E-state index in [2.05, 4.69) is 15.3 Å². The minimum absolute atomic E-state index is 0.155. The van der Waals surface area contributed by atoms with Crippen LogP contribution in [0, 0.1) is 0 Å². The van der Waals surface area contributed by atoms with E-state index in [9.17, 15) is 9.90 Å². The fourth-order valence-electron chi connectivity index (χ4n) is 1.21. The first-order valence-electron chi connectivity index (χ1n) is 4.74. The number of hydrogen-bond acceptors (Lipinski definition) is 4. The zero-order valence-corrected chi connectivity index (χ0v) is 9.35. The topological polar surface area (TPSA) is 75.1 Å². The largest absolute Gasteiger partial charge is 0.492 e. The molecule has 0 aliphatic rings. The van der Waals surface area contributed by atoms with E-state index in [0.717, 1.165) is 0 Å². The third kappa shape index (κ3) is 2.70. The van der Waals surface area contributed by atoms with Gasteiger partial charge in [0.1, 0.15) is 10.8 Å². The van der Waals surface area contributed by atoms with Crippen molar-refractivity contribution in [2.75, 3.05) is 5.32 Å². The van der Waals surface area contributed by atoms with Crippen molar-refractivity contribution < 1.29 is 9.90 Å². The number of carbonyl (C=O) groups is 1. The lowest BCUT2D eigenvalue weighted by atomic mass is 10.2. The lowest BCUT2D eigenvalue weighted by Gasteiger charge is -2.06. The Morgan fingerprint density at radius 3 is 2.82 bits per heavy atom. The minimum atomic E-state index is -0.377. The first kappa shape index (κ1) is 11.3. The number of nitrogens with zero attached hydrogens (tertiary/aromatic N) is 2. The monoisotopic (exact) mass is 249 g/mol. The molecule has 2 aromatic heterocycles. The maximum Gasteiger partial charge on any atom is 0.257 e. The number of hydrogen-bond donors (Lipinski definition) is 2. The van der Waals surface area contributed by atoms with E-state index in [1.165, 1.54) is 18.3 Å². The molecule has 0 radical (unpaired) electrons. The summed E-state index contributed by atoms with van der Waals surface area (Å²) in [6, 6.07) is 6.21. The Labute approximate surface area is 102 Å². The zero-order valence-electron chi connectivity index (χ0n) is 8.59. The Balaban J connectivity index is 2.19. The molecule has 2 heterocycles. The number of pyridine rings is 2. The SMILES string of the molecule is O=C(Nc1ccc(Cl)nc1O)c1cccnc1. The quantitative estimate of drug-likeness (QED) is 0.799. The third-order valence-corrected chi connectivity index (χ3v) is 2.22.